The maximum Gasteiger partial charge on any atom is 0.0812 e. The van der Waals surface area contributed by atoms with Gasteiger partial charge in [-0.25, -0.2) is 0 Å². The van der Waals surface area contributed by atoms with Crippen LogP contribution >= 0.6 is 0 Å². The molecule has 0 aromatic carbocycles. The number of unbranched alkanes of at least 4 members (excludes halogenated alkanes) is 9. The fraction of sp³-hybridized carbons (Fsp3) is 0.897. The van der Waals surface area contributed by atoms with Crippen LogP contribution in [0, 0.1) is 52.3 Å². The minimum Gasteiger partial charge on any atom is -0.379 e. The Morgan fingerprint density at radius 2 is 1.42 bits per heavy atom. The molecule has 0 N–H and O–H groups in total. The molecule has 4 fully saturated rings. The lowest BCUT2D eigenvalue weighted by molar-refractivity contribution is -0.0732. The van der Waals surface area contributed by atoms with Crippen molar-refractivity contribution in [3.8, 4) is 0 Å². The van der Waals surface area contributed by atoms with E-state index in [0.29, 0.717) is 43.4 Å². The summed E-state index contributed by atoms with van der Waals surface area (Å²) in [6.45, 7) is 19.3. The average molecular weight is 863 g/mol. The summed E-state index contributed by atoms with van der Waals surface area (Å²) in [5.74, 6) is 6.17. The number of fused-ring (bicyclic) bond motifs is 5. The van der Waals surface area contributed by atoms with Crippen molar-refractivity contribution in [1.29, 1.82) is 0 Å². The lowest BCUT2D eigenvalue weighted by atomic mass is 9.47. The van der Waals surface area contributed by atoms with E-state index in [4.69, 9.17) is 18.9 Å². The van der Waals surface area contributed by atoms with Crippen molar-refractivity contribution in [3.63, 3.8) is 0 Å². The Bertz CT molecular complexity index is 1260. The fourth-order valence-electron chi connectivity index (χ4n) is 13.8. The van der Waals surface area contributed by atoms with Crippen LogP contribution in [0.25, 0.3) is 0 Å². The molecule has 0 saturated heterocycles. The van der Waals surface area contributed by atoms with E-state index >= 15 is 0 Å². The summed E-state index contributed by atoms with van der Waals surface area (Å²) < 4.78 is 25.3. The first-order chi connectivity index (χ1) is 30.2. The van der Waals surface area contributed by atoms with Crippen LogP contribution in [-0.2, 0) is 18.9 Å². The van der Waals surface area contributed by atoms with Crippen molar-refractivity contribution in [2.75, 3.05) is 39.6 Å². The molecule has 4 unspecified atom stereocenters. The average Bonchev–Trinajstić information content (AvgIpc) is 3.63. The number of rotatable bonds is 32. The molecular weight excluding hydrogens is 761 g/mol. The molecule has 0 amide bonds. The predicted octanol–water partition coefficient (Wildman–Crippen LogP) is 16.6. The van der Waals surface area contributed by atoms with Gasteiger partial charge in [-0.3, -0.25) is 0 Å². The molecule has 62 heavy (non-hydrogen) atoms. The van der Waals surface area contributed by atoms with Gasteiger partial charge in [-0.2, -0.15) is 0 Å². The zero-order valence-electron chi connectivity index (χ0n) is 42.0. The normalized spacial score (nSPS) is 30.2. The predicted molar refractivity (Wildman–Crippen MR) is 265 cm³/mol. The molecule has 0 aliphatic heterocycles. The monoisotopic (exact) mass is 863 g/mol. The quantitative estimate of drug-likeness (QED) is 0.0499. The van der Waals surface area contributed by atoms with Crippen molar-refractivity contribution >= 4 is 0 Å². The van der Waals surface area contributed by atoms with Crippen LogP contribution in [0.2, 0.25) is 0 Å². The SMILES string of the molecule is CCCCC/C=C\C/C=C\CCCCCCCCOCC(CC1CCCCC1)OCCOCCO[C@H]1CC[C@@]2(C)C(=CCC3C2CC[C@@]2(C)C3CC[C@@H]2[C@H](C)CCCC(C)C)C1. The molecule has 5 rings (SSSR count). The third kappa shape index (κ3) is 16.7. The fourth-order valence-corrected chi connectivity index (χ4v) is 13.8. The second-order valence-electron chi connectivity index (χ2n) is 22.5. The number of allylic oxidation sites excluding steroid dienone is 5. The first-order valence-corrected chi connectivity index (χ1v) is 27.6. The molecule has 0 bridgehead atoms. The van der Waals surface area contributed by atoms with Gasteiger partial charge in [0.2, 0.25) is 0 Å². The van der Waals surface area contributed by atoms with Crippen molar-refractivity contribution in [1.82, 2.24) is 0 Å². The van der Waals surface area contributed by atoms with E-state index in [2.05, 4.69) is 71.9 Å². The second-order valence-corrected chi connectivity index (χ2v) is 22.5. The Balaban J connectivity index is 0.912. The molecule has 4 heteroatoms. The zero-order valence-corrected chi connectivity index (χ0v) is 42.0. The summed E-state index contributed by atoms with van der Waals surface area (Å²) in [7, 11) is 0. The Morgan fingerprint density at radius 3 is 2.19 bits per heavy atom. The molecular formula is C58H102O4. The van der Waals surface area contributed by atoms with Crippen LogP contribution in [0.4, 0.5) is 0 Å². The van der Waals surface area contributed by atoms with Gasteiger partial charge in [-0.05, 0) is 149 Å². The Kier molecular flexibility index (Phi) is 24.3. The minimum atomic E-state index is 0.193. The Morgan fingerprint density at radius 1 is 0.677 bits per heavy atom. The molecule has 358 valence electrons. The van der Waals surface area contributed by atoms with E-state index in [9.17, 15) is 0 Å². The van der Waals surface area contributed by atoms with E-state index in [1.54, 1.807) is 5.57 Å². The Hall–Kier alpha value is -0.940. The topological polar surface area (TPSA) is 36.9 Å². The highest BCUT2D eigenvalue weighted by Crippen LogP contribution is 2.67. The standard InChI is InChI=1S/C58H102O4/c1-7-8-9-10-11-12-13-14-15-16-17-18-19-20-21-25-39-60-46-52(44-49-29-23-22-24-30-49)62-43-41-59-40-42-61-51-35-37-57(5)50(45-51)31-32-53-55-34-33-54(48(4)28-26-27-47(2)3)58(55,6)38-36-56(53)57/h11-12,14-15,31,47-49,51-56H,7-10,13,16-30,32-46H2,1-6H3/b12-11-,15-14-/t48-,51+,52?,53?,54-,55?,56?,57+,58-/m1/s1. The summed E-state index contributed by atoms with van der Waals surface area (Å²) in [6, 6.07) is 0. The summed E-state index contributed by atoms with van der Waals surface area (Å²) in [6.07, 6.45) is 51.2. The van der Waals surface area contributed by atoms with Gasteiger partial charge >= 0.3 is 0 Å². The molecule has 4 saturated carbocycles. The van der Waals surface area contributed by atoms with Crippen LogP contribution in [0.5, 0.6) is 0 Å². The third-order valence-corrected chi connectivity index (χ3v) is 17.5. The van der Waals surface area contributed by atoms with E-state index in [1.165, 1.54) is 167 Å². The highest BCUT2D eigenvalue weighted by molar-refractivity contribution is 5.25. The van der Waals surface area contributed by atoms with Gasteiger partial charge in [0.15, 0.2) is 0 Å². The van der Waals surface area contributed by atoms with Gasteiger partial charge in [0.05, 0.1) is 45.2 Å². The molecule has 0 aromatic rings. The van der Waals surface area contributed by atoms with E-state index in [1.807, 2.05) is 0 Å². The highest BCUT2D eigenvalue weighted by atomic mass is 16.6. The summed E-state index contributed by atoms with van der Waals surface area (Å²) in [5.41, 5.74) is 2.69. The van der Waals surface area contributed by atoms with Crippen LogP contribution in [-0.4, -0.2) is 51.8 Å². The van der Waals surface area contributed by atoms with Crippen molar-refractivity contribution in [2.45, 2.75) is 240 Å². The van der Waals surface area contributed by atoms with Crippen LogP contribution in [0.3, 0.4) is 0 Å². The van der Waals surface area contributed by atoms with E-state index < -0.39 is 0 Å². The molecule has 5 aliphatic carbocycles. The molecule has 0 spiro atoms. The smallest absolute Gasteiger partial charge is 0.0812 e. The van der Waals surface area contributed by atoms with Gasteiger partial charge in [0.1, 0.15) is 0 Å². The van der Waals surface area contributed by atoms with Crippen LogP contribution in [0.1, 0.15) is 228 Å². The van der Waals surface area contributed by atoms with Crippen molar-refractivity contribution in [2.24, 2.45) is 52.3 Å². The van der Waals surface area contributed by atoms with E-state index in [-0.39, 0.29) is 6.10 Å². The minimum absolute atomic E-state index is 0.193. The third-order valence-electron chi connectivity index (χ3n) is 17.5. The zero-order chi connectivity index (χ0) is 43.9. The largest absolute Gasteiger partial charge is 0.379 e. The molecule has 4 nitrogen and oxygen atoms in total. The van der Waals surface area contributed by atoms with Gasteiger partial charge in [-0.1, -0.05) is 167 Å². The molecule has 0 aromatic heterocycles. The maximum absolute atomic E-state index is 6.53. The van der Waals surface area contributed by atoms with Gasteiger partial charge in [0, 0.05) is 6.61 Å². The molecule has 0 radical (unpaired) electrons. The first-order valence-electron chi connectivity index (χ1n) is 27.6. The maximum atomic E-state index is 6.53. The number of ether oxygens (including phenoxy) is 4. The van der Waals surface area contributed by atoms with Crippen LogP contribution in [0.15, 0.2) is 36.0 Å². The van der Waals surface area contributed by atoms with Crippen molar-refractivity contribution < 1.29 is 18.9 Å². The molecule has 9 atom stereocenters. The summed E-state index contributed by atoms with van der Waals surface area (Å²) in [5, 5.41) is 0. The van der Waals surface area contributed by atoms with E-state index in [0.717, 1.165) is 73.9 Å². The first kappa shape index (κ1) is 52.0. The number of hydrogen-bond donors (Lipinski definition) is 0. The molecule has 0 heterocycles. The lowest BCUT2D eigenvalue weighted by Crippen LogP contribution is -2.51. The summed E-state index contributed by atoms with van der Waals surface area (Å²) in [4.78, 5) is 0. The van der Waals surface area contributed by atoms with Crippen LogP contribution < -0.4 is 0 Å². The van der Waals surface area contributed by atoms with Gasteiger partial charge in [0.25, 0.3) is 0 Å². The van der Waals surface area contributed by atoms with Crippen molar-refractivity contribution in [3.05, 3.63) is 36.0 Å². The lowest BCUT2D eigenvalue weighted by Gasteiger charge is -2.58. The Labute approximate surface area is 385 Å². The number of hydrogen-bond acceptors (Lipinski definition) is 4. The highest BCUT2D eigenvalue weighted by Gasteiger charge is 2.59. The summed E-state index contributed by atoms with van der Waals surface area (Å²) >= 11 is 0. The van der Waals surface area contributed by atoms with Gasteiger partial charge < -0.3 is 18.9 Å². The molecule has 5 aliphatic rings. The second kappa shape index (κ2) is 29.0. The van der Waals surface area contributed by atoms with Gasteiger partial charge in [-0.15, -0.1) is 0 Å².